The summed E-state index contributed by atoms with van der Waals surface area (Å²) in [5.74, 6) is 1.73. The van der Waals surface area contributed by atoms with Gasteiger partial charge in [0.25, 0.3) is 0 Å². The SMILES string of the molecule is Brc1cccc(Oc2cc(Br)ccc2CNC2CC2)c1. The van der Waals surface area contributed by atoms with E-state index < -0.39 is 0 Å². The molecule has 0 amide bonds. The Morgan fingerprint density at radius 3 is 2.60 bits per heavy atom. The van der Waals surface area contributed by atoms with Gasteiger partial charge in [-0.3, -0.25) is 0 Å². The zero-order valence-electron chi connectivity index (χ0n) is 10.9. The first-order valence-electron chi connectivity index (χ1n) is 6.66. The second kappa shape index (κ2) is 6.29. The van der Waals surface area contributed by atoms with E-state index in [4.69, 9.17) is 4.74 Å². The van der Waals surface area contributed by atoms with Crippen molar-refractivity contribution in [1.82, 2.24) is 5.32 Å². The normalized spacial score (nSPS) is 14.3. The van der Waals surface area contributed by atoms with Crippen LogP contribution in [0, 0.1) is 0 Å². The Labute approximate surface area is 135 Å². The van der Waals surface area contributed by atoms with Gasteiger partial charge in [-0.05, 0) is 43.2 Å². The van der Waals surface area contributed by atoms with Gasteiger partial charge < -0.3 is 10.1 Å². The minimum Gasteiger partial charge on any atom is -0.457 e. The highest BCUT2D eigenvalue weighted by Crippen LogP contribution is 2.30. The van der Waals surface area contributed by atoms with Crippen LogP contribution in [0.2, 0.25) is 0 Å². The van der Waals surface area contributed by atoms with Gasteiger partial charge in [-0.15, -0.1) is 0 Å². The largest absolute Gasteiger partial charge is 0.457 e. The minimum absolute atomic E-state index is 0.692. The quantitative estimate of drug-likeness (QED) is 0.744. The molecule has 0 saturated heterocycles. The van der Waals surface area contributed by atoms with Gasteiger partial charge in [0, 0.05) is 27.1 Å². The third-order valence-electron chi connectivity index (χ3n) is 3.21. The molecular formula is C16H15Br2NO. The molecule has 0 atom stereocenters. The van der Waals surface area contributed by atoms with Crippen molar-refractivity contribution in [3.8, 4) is 11.5 Å². The fourth-order valence-electron chi connectivity index (χ4n) is 1.97. The van der Waals surface area contributed by atoms with Crippen LogP contribution in [0.25, 0.3) is 0 Å². The molecule has 2 nitrogen and oxygen atoms in total. The minimum atomic E-state index is 0.692. The van der Waals surface area contributed by atoms with Crippen molar-refractivity contribution in [1.29, 1.82) is 0 Å². The van der Waals surface area contributed by atoms with Gasteiger partial charge in [-0.1, -0.05) is 44.0 Å². The Kier molecular flexibility index (Phi) is 4.44. The Morgan fingerprint density at radius 2 is 1.85 bits per heavy atom. The molecule has 1 N–H and O–H groups in total. The Morgan fingerprint density at radius 1 is 1.05 bits per heavy atom. The van der Waals surface area contributed by atoms with E-state index in [1.807, 2.05) is 30.3 Å². The van der Waals surface area contributed by atoms with Crippen LogP contribution >= 0.6 is 31.9 Å². The molecule has 4 heteroatoms. The number of rotatable bonds is 5. The maximum Gasteiger partial charge on any atom is 0.133 e. The second-order valence-electron chi connectivity index (χ2n) is 4.97. The lowest BCUT2D eigenvalue weighted by atomic mass is 10.2. The van der Waals surface area contributed by atoms with E-state index in [1.165, 1.54) is 18.4 Å². The summed E-state index contributed by atoms with van der Waals surface area (Å²) in [4.78, 5) is 0. The molecule has 0 aromatic heterocycles. The molecule has 2 aromatic rings. The smallest absolute Gasteiger partial charge is 0.133 e. The number of hydrogen-bond acceptors (Lipinski definition) is 2. The van der Waals surface area contributed by atoms with Crippen molar-refractivity contribution in [2.75, 3.05) is 0 Å². The molecule has 1 saturated carbocycles. The highest BCUT2D eigenvalue weighted by molar-refractivity contribution is 9.10. The lowest BCUT2D eigenvalue weighted by Crippen LogP contribution is -2.15. The van der Waals surface area contributed by atoms with E-state index in [9.17, 15) is 0 Å². The molecule has 2 aromatic carbocycles. The van der Waals surface area contributed by atoms with Gasteiger partial charge in [-0.25, -0.2) is 0 Å². The number of benzene rings is 2. The van der Waals surface area contributed by atoms with Crippen molar-refractivity contribution in [2.24, 2.45) is 0 Å². The highest BCUT2D eigenvalue weighted by Gasteiger charge is 2.20. The number of halogens is 2. The fourth-order valence-corrected chi connectivity index (χ4v) is 2.69. The first-order chi connectivity index (χ1) is 9.70. The zero-order chi connectivity index (χ0) is 13.9. The van der Waals surface area contributed by atoms with Crippen molar-refractivity contribution >= 4 is 31.9 Å². The Hall–Kier alpha value is -0.840. The summed E-state index contributed by atoms with van der Waals surface area (Å²) < 4.78 is 8.07. The van der Waals surface area contributed by atoms with Crippen LogP contribution < -0.4 is 10.1 Å². The number of hydrogen-bond donors (Lipinski definition) is 1. The van der Waals surface area contributed by atoms with Crippen molar-refractivity contribution in [3.05, 3.63) is 57.0 Å². The van der Waals surface area contributed by atoms with Crippen LogP contribution in [0.5, 0.6) is 11.5 Å². The van der Waals surface area contributed by atoms with Crippen molar-refractivity contribution < 1.29 is 4.74 Å². The highest BCUT2D eigenvalue weighted by atomic mass is 79.9. The molecule has 0 spiro atoms. The molecule has 3 rings (SSSR count). The predicted molar refractivity (Wildman–Crippen MR) is 88.2 cm³/mol. The summed E-state index contributed by atoms with van der Waals surface area (Å²) >= 11 is 6.97. The molecule has 1 aliphatic rings. The zero-order valence-corrected chi connectivity index (χ0v) is 14.1. The monoisotopic (exact) mass is 395 g/mol. The van der Waals surface area contributed by atoms with Gasteiger partial charge in [-0.2, -0.15) is 0 Å². The molecule has 104 valence electrons. The maximum atomic E-state index is 6.02. The Bertz CT molecular complexity index is 611. The molecule has 0 unspecified atom stereocenters. The van der Waals surface area contributed by atoms with E-state index in [1.54, 1.807) is 0 Å². The van der Waals surface area contributed by atoms with Crippen LogP contribution in [-0.4, -0.2) is 6.04 Å². The average Bonchev–Trinajstić information content (AvgIpc) is 3.22. The van der Waals surface area contributed by atoms with E-state index in [0.29, 0.717) is 6.04 Å². The second-order valence-corrected chi connectivity index (χ2v) is 6.80. The standard InChI is InChI=1S/C16H15Br2NO/c17-12-2-1-3-15(8-12)20-16-9-13(18)5-4-11(16)10-19-14-6-7-14/h1-5,8-9,14,19H,6-7,10H2. The first kappa shape index (κ1) is 14.1. The fraction of sp³-hybridized carbons (Fsp3) is 0.250. The summed E-state index contributed by atoms with van der Waals surface area (Å²) in [6.07, 6.45) is 2.58. The average molecular weight is 397 g/mol. The third-order valence-corrected chi connectivity index (χ3v) is 4.20. The summed E-state index contributed by atoms with van der Waals surface area (Å²) in [6, 6.07) is 14.8. The van der Waals surface area contributed by atoms with E-state index in [0.717, 1.165) is 27.0 Å². The summed E-state index contributed by atoms with van der Waals surface area (Å²) in [6.45, 7) is 0.848. The Balaban J connectivity index is 1.80. The van der Waals surface area contributed by atoms with Gasteiger partial charge in [0.05, 0.1) is 0 Å². The van der Waals surface area contributed by atoms with Gasteiger partial charge in [0.2, 0.25) is 0 Å². The van der Waals surface area contributed by atoms with Crippen LogP contribution in [0.4, 0.5) is 0 Å². The molecule has 0 heterocycles. The van der Waals surface area contributed by atoms with Crippen LogP contribution in [0.3, 0.4) is 0 Å². The third kappa shape index (κ3) is 3.84. The first-order valence-corrected chi connectivity index (χ1v) is 8.24. The van der Waals surface area contributed by atoms with E-state index >= 15 is 0 Å². The van der Waals surface area contributed by atoms with Crippen molar-refractivity contribution in [2.45, 2.75) is 25.4 Å². The molecule has 1 aliphatic carbocycles. The van der Waals surface area contributed by atoms with Gasteiger partial charge in [0.15, 0.2) is 0 Å². The molecule has 0 radical (unpaired) electrons. The summed E-state index contributed by atoms with van der Waals surface area (Å²) in [5.41, 5.74) is 1.18. The van der Waals surface area contributed by atoms with Crippen LogP contribution in [0.15, 0.2) is 51.4 Å². The maximum absolute atomic E-state index is 6.02. The number of nitrogens with one attached hydrogen (secondary N) is 1. The molecule has 0 bridgehead atoms. The summed E-state index contributed by atoms with van der Waals surface area (Å²) in [7, 11) is 0. The van der Waals surface area contributed by atoms with Crippen LogP contribution in [0.1, 0.15) is 18.4 Å². The van der Waals surface area contributed by atoms with Crippen LogP contribution in [-0.2, 0) is 6.54 Å². The molecular weight excluding hydrogens is 382 g/mol. The van der Waals surface area contributed by atoms with Crippen molar-refractivity contribution in [3.63, 3.8) is 0 Å². The summed E-state index contributed by atoms with van der Waals surface area (Å²) in [5, 5.41) is 3.53. The van der Waals surface area contributed by atoms with E-state index in [-0.39, 0.29) is 0 Å². The molecule has 20 heavy (non-hydrogen) atoms. The predicted octanol–water partition coefficient (Wildman–Crippen LogP) is 5.26. The van der Waals surface area contributed by atoms with E-state index in [2.05, 4.69) is 49.3 Å². The molecule has 1 fully saturated rings. The number of ether oxygens (including phenoxy) is 1. The lowest BCUT2D eigenvalue weighted by molar-refractivity contribution is 0.472. The lowest BCUT2D eigenvalue weighted by Gasteiger charge is -2.12. The van der Waals surface area contributed by atoms with Gasteiger partial charge in [0.1, 0.15) is 11.5 Å². The topological polar surface area (TPSA) is 21.3 Å². The van der Waals surface area contributed by atoms with Gasteiger partial charge >= 0.3 is 0 Å². The molecule has 0 aliphatic heterocycles.